The molecule has 0 amide bonds. The fourth-order valence-corrected chi connectivity index (χ4v) is 2.53. The number of nitrogens with one attached hydrogen (secondary N) is 1. The van der Waals surface area contributed by atoms with Crippen LogP contribution in [0.4, 0.5) is 0 Å². The predicted molar refractivity (Wildman–Crippen MR) is 89.7 cm³/mol. The molecular formula is C14H17BrN4OS. The van der Waals surface area contributed by atoms with E-state index in [4.69, 9.17) is 17.0 Å². The second-order valence-electron chi connectivity index (χ2n) is 4.37. The van der Waals surface area contributed by atoms with E-state index in [1.807, 2.05) is 25.1 Å². The van der Waals surface area contributed by atoms with Crippen LogP contribution in [0.15, 0.2) is 27.8 Å². The van der Waals surface area contributed by atoms with Crippen LogP contribution in [0.5, 0.6) is 5.75 Å². The van der Waals surface area contributed by atoms with E-state index in [2.05, 4.69) is 38.2 Å². The first-order chi connectivity index (χ1) is 10.2. The Hall–Kier alpha value is -1.47. The van der Waals surface area contributed by atoms with Crippen molar-refractivity contribution in [1.82, 2.24) is 14.9 Å². The lowest BCUT2D eigenvalue weighted by atomic mass is 10.2. The number of nitrogens with zero attached hydrogens (tertiary/aromatic N) is 3. The van der Waals surface area contributed by atoms with Crippen molar-refractivity contribution in [1.29, 1.82) is 0 Å². The first-order valence-electron chi connectivity index (χ1n) is 6.78. The Kier molecular flexibility index (Phi) is 5.69. The summed E-state index contributed by atoms with van der Waals surface area (Å²) in [6, 6.07) is 5.82. The third-order valence-corrected chi connectivity index (χ3v) is 3.65. The minimum absolute atomic E-state index is 0.500. The van der Waals surface area contributed by atoms with Crippen LogP contribution in [-0.4, -0.2) is 27.7 Å². The van der Waals surface area contributed by atoms with Gasteiger partial charge in [0.15, 0.2) is 5.82 Å². The fraction of sp³-hybridized carbons (Fsp3) is 0.357. The number of aromatic nitrogens is 3. The molecule has 1 aromatic carbocycles. The number of aromatic amines is 1. The fourth-order valence-electron chi connectivity index (χ4n) is 1.82. The summed E-state index contributed by atoms with van der Waals surface area (Å²) in [6.45, 7) is 4.68. The molecule has 112 valence electrons. The van der Waals surface area contributed by atoms with Gasteiger partial charge in [-0.15, -0.1) is 0 Å². The molecule has 0 fully saturated rings. The highest BCUT2D eigenvalue weighted by Gasteiger charge is 2.04. The van der Waals surface area contributed by atoms with Gasteiger partial charge < -0.3 is 4.74 Å². The van der Waals surface area contributed by atoms with E-state index in [-0.39, 0.29) is 0 Å². The van der Waals surface area contributed by atoms with Gasteiger partial charge in [0.1, 0.15) is 5.75 Å². The topological polar surface area (TPSA) is 55.2 Å². The number of rotatable bonds is 6. The second kappa shape index (κ2) is 7.51. The van der Waals surface area contributed by atoms with Gasteiger partial charge in [-0.05, 0) is 65.3 Å². The Labute approximate surface area is 137 Å². The normalized spacial score (nSPS) is 11.2. The molecule has 1 N–H and O–H groups in total. The van der Waals surface area contributed by atoms with Gasteiger partial charge >= 0.3 is 0 Å². The Bertz CT molecular complexity index is 693. The molecule has 1 heterocycles. The lowest BCUT2D eigenvalue weighted by Crippen LogP contribution is -1.99. The third-order valence-electron chi connectivity index (χ3n) is 2.77. The van der Waals surface area contributed by atoms with Gasteiger partial charge in [-0.3, -0.25) is 5.10 Å². The molecule has 0 spiro atoms. The summed E-state index contributed by atoms with van der Waals surface area (Å²) in [6.07, 6.45) is 3.58. The summed E-state index contributed by atoms with van der Waals surface area (Å²) < 4.78 is 8.54. The number of ether oxygens (including phenoxy) is 1. The van der Waals surface area contributed by atoms with Crippen LogP contribution >= 0.6 is 28.1 Å². The van der Waals surface area contributed by atoms with Gasteiger partial charge in [-0.2, -0.15) is 14.9 Å². The Morgan fingerprint density at radius 1 is 1.48 bits per heavy atom. The van der Waals surface area contributed by atoms with Crippen LogP contribution in [0.3, 0.4) is 0 Å². The van der Waals surface area contributed by atoms with Crippen molar-refractivity contribution >= 4 is 34.4 Å². The zero-order valence-corrected chi connectivity index (χ0v) is 14.4. The van der Waals surface area contributed by atoms with E-state index >= 15 is 0 Å². The molecule has 1 aromatic heterocycles. The molecule has 0 aliphatic heterocycles. The molecule has 0 bridgehead atoms. The van der Waals surface area contributed by atoms with Gasteiger partial charge in [0.2, 0.25) is 4.77 Å². The largest absolute Gasteiger partial charge is 0.493 e. The first-order valence-corrected chi connectivity index (χ1v) is 7.98. The number of aryl methyl sites for hydroxylation is 1. The average Bonchev–Trinajstić information content (AvgIpc) is 2.81. The minimum Gasteiger partial charge on any atom is -0.493 e. The summed E-state index contributed by atoms with van der Waals surface area (Å²) >= 11 is 8.67. The number of H-pyrrole nitrogens is 1. The summed E-state index contributed by atoms with van der Waals surface area (Å²) in [5.41, 5.74) is 0.955. The number of halogens is 1. The maximum atomic E-state index is 5.48. The van der Waals surface area contributed by atoms with E-state index in [1.54, 1.807) is 10.9 Å². The molecule has 5 nitrogen and oxygen atoms in total. The van der Waals surface area contributed by atoms with Gasteiger partial charge in [0.05, 0.1) is 17.3 Å². The highest BCUT2D eigenvalue weighted by molar-refractivity contribution is 9.10. The highest BCUT2D eigenvalue weighted by Crippen LogP contribution is 2.25. The van der Waals surface area contributed by atoms with Crippen molar-refractivity contribution in [2.75, 3.05) is 6.61 Å². The Balaban J connectivity index is 2.23. The first kappa shape index (κ1) is 15.9. The summed E-state index contributed by atoms with van der Waals surface area (Å²) in [4.78, 5) is 0. The number of benzene rings is 1. The molecule has 0 aliphatic rings. The molecular weight excluding hydrogens is 352 g/mol. The molecule has 2 rings (SSSR count). The molecule has 0 atom stereocenters. The standard InChI is InChI=1S/C14H17BrN4OS/c1-3-5-13-17-18-14(21)19(13)16-9-10-6-7-12(20-4-2)11(15)8-10/h6-9H,3-5H2,1-2H3,(H,18,21)/b16-9-. The molecule has 2 aromatic rings. The monoisotopic (exact) mass is 368 g/mol. The van der Waals surface area contributed by atoms with E-state index in [0.717, 1.165) is 34.5 Å². The smallest absolute Gasteiger partial charge is 0.216 e. The zero-order chi connectivity index (χ0) is 15.2. The van der Waals surface area contributed by atoms with Gasteiger partial charge in [0, 0.05) is 6.42 Å². The van der Waals surface area contributed by atoms with Gasteiger partial charge in [-0.25, -0.2) is 0 Å². The van der Waals surface area contributed by atoms with Crippen LogP contribution in [0, 0.1) is 4.77 Å². The van der Waals surface area contributed by atoms with Crippen molar-refractivity contribution in [2.45, 2.75) is 26.7 Å². The summed E-state index contributed by atoms with van der Waals surface area (Å²) in [7, 11) is 0. The lowest BCUT2D eigenvalue weighted by molar-refractivity contribution is 0.338. The third kappa shape index (κ3) is 4.01. The zero-order valence-electron chi connectivity index (χ0n) is 12.0. The van der Waals surface area contributed by atoms with Crippen LogP contribution < -0.4 is 4.74 Å². The van der Waals surface area contributed by atoms with Gasteiger partial charge in [-0.1, -0.05) is 6.92 Å². The van der Waals surface area contributed by atoms with Crippen LogP contribution in [0.1, 0.15) is 31.7 Å². The molecule has 7 heteroatoms. The molecule has 0 saturated heterocycles. The van der Waals surface area contributed by atoms with Crippen LogP contribution in [-0.2, 0) is 6.42 Å². The highest BCUT2D eigenvalue weighted by atomic mass is 79.9. The molecule has 0 saturated carbocycles. The quantitative estimate of drug-likeness (QED) is 0.620. The summed E-state index contributed by atoms with van der Waals surface area (Å²) in [5, 5.41) is 11.3. The van der Waals surface area contributed by atoms with Gasteiger partial charge in [0.25, 0.3) is 0 Å². The minimum atomic E-state index is 0.500. The van der Waals surface area contributed by atoms with E-state index in [9.17, 15) is 0 Å². The SMILES string of the molecule is CCCc1n[nH]c(=S)n1/N=C\c1ccc(OCC)c(Br)c1. The number of hydrogen-bond acceptors (Lipinski definition) is 4. The maximum Gasteiger partial charge on any atom is 0.216 e. The van der Waals surface area contributed by atoms with Crippen molar-refractivity contribution in [3.63, 3.8) is 0 Å². The average molecular weight is 369 g/mol. The molecule has 21 heavy (non-hydrogen) atoms. The molecule has 0 radical (unpaired) electrons. The van der Waals surface area contributed by atoms with E-state index in [1.165, 1.54) is 0 Å². The lowest BCUT2D eigenvalue weighted by Gasteiger charge is -2.05. The van der Waals surface area contributed by atoms with Crippen molar-refractivity contribution < 1.29 is 4.74 Å². The van der Waals surface area contributed by atoms with Crippen LogP contribution in [0.2, 0.25) is 0 Å². The molecule has 0 aliphatic carbocycles. The van der Waals surface area contributed by atoms with E-state index in [0.29, 0.717) is 11.4 Å². The number of hydrogen-bond donors (Lipinski definition) is 1. The Morgan fingerprint density at radius 2 is 2.29 bits per heavy atom. The second-order valence-corrected chi connectivity index (χ2v) is 5.62. The van der Waals surface area contributed by atoms with Crippen molar-refractivity contribution in [3.05, 3.63) is 38.8 Å². The molecule has 0 unspecified atom stereocenters. The van der Waals surface area contributed by atoms with Crippen molar-refractivity contribution in [3.8, 4) is 5.75 Å². The summed E-state index contributed by atoms with van der Waals surface area (Å²) in [5.74, 6) is 1.66. The predicted octanol–water partition coefficient (Wildman–Crippen LogP) is 3.94. The van der Waals surface area contributed by atoms with Crippen LogP contribution in [0.25, 0.3) is 0 Å². The Morgan fingerprint density at radius 3 is 2.95 bits per heavy atom. The maximum absolute atomic E-state index is 5.48. The van der Waals surface area contributed by atoms with E-state index < -0.39 is 0 Å². The van der Waals surface area contributed by atoms with Crippen molar-refractivity contribution in [2.24, 2.45) is 5.10 Å².